The number of hydrogen-bond acceptors (Lipinski definition) is 6. The highest BCUT2D eigenvalue weighted by atomic mass is 19.1. The van der Waals surface area contributed by atoms with E-state index in [-0.39, 0.29) is 17.4 Å². The van der Waals surface area contributed by atoms with Gasteiger partial charge in [0.25, 0.3) is 5.56 Å². The molecule has 2 aromatic carbocycles. The van der Waals surface area contributed by atoms with Gasteiger partial charge in [0.15, 0.2) is 5.82 Å². The highest BCUT2D eigenvalue weighted by molar-refractivity contribution is 5.79. The molecule has 9 heteroatoms. The summed E-state index contributed by atoms with van der Waals surface area (Å²) >= 11 is 0. The van der Waals surface area contributed by atoms with Gasteiger partial charge in [-0.1, -0.05) is 43.5 Å². The Morgan fingerprint density at radius 3 is 2.57 bits per heavy atom. The highest BCUT2D eigenvalue weighted by Crippen LogP contribution is 2.34. The van der Waals surface area contributed by atoms with E-state index in [1.54, 1.807) is 6.07 Å². The van der Waals surface area contributed by atoms with Crippen LogP contribution in [0.1, 0.15) is 61.1 Å². The molecule has 1 atom stereocenters. The van der Waals surface area contributed by atoms with Crippen LogP contribution < -0.4 is 10.5 Å². The van der Waals surface area contributed by atoms with Gasteiger partial charge in [0.1, 0.15) is 11.9 Å². The molecular weight excluding hydrogens is 469 g/mol. The molecule has 37 heavy (non-hydrogen) atoms. The van der Waals surface area contributed by atoms with Gasteiger partial charge < -0.3 is 9.88 Å². The van der Waals surface area contributed by atoms with Crippen LogP contribution in [-0.2, 0) is 0 Å². The second-order valence-corrected chi connectivity index (χ2v) is 10.3. The monoisotopic (exact) mass is 501 g/mol. The molecule has 1 saturated heterocycles. The summed E-state index contributed by atoms with van der Waals surface area (Å²) in [5.74, 6) is 0.498. The number of anilines is 1. The summed E-state index contributed by atoms with van der Waals surface area (Å²) in [6.45, 7) is 4.62. The van der Waals surface area contributed by atoms with Crippen LogP contribution in [0.25, 0.3) is 10.9 Å². The standard InChI is InChI=1S/C28H32FN7O/c1-19-11-12-20-18-22(28(37)30-24(20)17-19)26(27-31-32-33-36(27)21-7-3-2-4-8-21)35-15-13-34(14-16-35)25-10-6-5-9-23(25)29/h5-6,9-12,17-18,21,26H,2-4,7-8,13-16H2,1H3,(H,30,37). The molecular formula is C28H32FN7O. The lowest BCUT2D eigenvalue weighted by Crippen LogP contribution is -2.49. The number of aromatic amines is 1. The molecule has 1 unspecified atom stereocenters. The summed E-state index contributed by atoms with van der Waals surface area (Å²) in [5, 5.41) is 14.0. The number of fused-ring (bicyclic) bond motifs is 1. The van der Waals surface area contributed by atoms with Gasteiger partial charge in [0.2, 0.25) is 0 Å². The zero-order valence-electron chi connectivity index (χ0n) is 21.1. The lowest BCUT2D eigenvalue weighted by molar-refractivity contribution is 0.192. The summed E-state index contributed by atoms with van der Waals surface area (Å²) in [7, 11) is 0. The van der Waals surface area contributed by atoms with Crippen molar-refractivity contribution in [2.75, 3.05) is 31.1 Å². The Labute approximate surface area is 215 Å². The van der Waals surface area contributed by atoms with E-state index in [0.717, 1.165) is 42.1 Å². The summed E-state index contributed by atoms with van der Waals surface area (Å²) < 4.78 is 16.4. The Bertz CT molecular complexity index is 1450. The molecule has 1 saturated carbocycles. The SMILES string of the molecule is Cc1ccc2cc(C(c3nnnn3C3CCCCC3)N3CCN(c4ccccc4F)CC3)c(=O)[nH]c2c1. The lowest BCUT2D eigenvalue weighted by Gasteiger charge is -2.40. The Balaban J connectivity index is 1.39. The molecule has 0 radical (unpaired) electrons. The summed E-state index contributed by atoms with van der Waals surface area (Å²) in [6.07, 6.45) is 5.63. The third-order valence-corrected chi connectivity index (χ3v) is 7.88. The topological polar surface area (TPSA) is 82.9 Å². The minimum absolute atomic E-state index is 0.127. The minimum Gasteiger partial charge on any atom is -0.367 e. The van der Waals surface area contributed by atoms with E-state index in [1.165, 1.54) is 12.5 Å². The van der Waals surface area contributed by atoms with Gasteiger partial charge >= 0.3 is 0 Å². The van der Waals surface area contributed by atoms with Crippen molar-refractivity contribution >= 4 is 16.6 Å². The minimum atomic E-state index is -0.394. The van der Waals surface area contributed by atoms with E-state index in [0.29, 0.717) is 43.3 Å². The number of aromatic nitrogens is 5. The number of nitrogens with one attached hydrogen (secondary N) is 1. The predicted molar refractivity (Wildman–Crippen MR) is 141 cm³/mol. The fraction of sp³-hybridized carbons (Fsp3) is 0.429. The van der Waals surface area contributed by atoms with Crippen LogP contribution in [0.4, 0.5) is 10.1 Å². The van der Waals surface area contributed by atoms with Crippen LogP contribution in [0.3, 0.4) is 0 Å². The number of H-pyrrole nitrogens is 1. The largest absolute Gasteiger partial charge is 0.367 e. The third kappa shape index (κ3) is 4.64. The molecule has 6 rings (SSSR count). The van der Waals surface area contributed by atoms with Crippen molar-refractivity contribution in [2.45, 2.75) is 51.1 Å². The van der Waals surface area contributed by atoms with Crippen molar-refractivity contribution in [3.8, 4) is 0 Å². The van der Waals surface area contributed by atoms with Crippen molar-refractivity contribution in [3.63, 3.8) is 0 Å². The number of benzene rings is 2. The fourth-order valence-corrected chi connectivity index (χ4v) is 5.93. The molecule has 2 fully saturated rings. The van der Waals surface area contributed by atoms with Crippen molar-refractivity contribution in [3.05, 3.63) is 81.7 Å². The molecule has 3 heterocycles. The van der Waals surface area contributed by atoms with Gasteiger partial charge in [-0.15, -0.1) is 5.10 Å². The molecule has 8 nitrogen and oxygen atoms in total. The first-order valence-electron chi connectivity index (χ1n) is 13.2. The number of halogens is 1. The summed E-state index contributed by atoms with van der Waals surface area (Å²) in [5.41, 5.74) is 3.05. The van der Waals surface area contributed by atoms with Crippen LogP contribution in [0, 0.1) is 12.7 Å². The average Bonchev–Trinajstić information content (AvgIpc) is 3.40. The Kier molecular flexibility index (Phi) is 6.46. The molecule has 1 aliphatic carbocycles. The summed E-state index contributed by atoms with van der Waals surface area (Å²) in [6, 6.07) is 14.8. The van der Waals surface area contributed by atoms with Gasteiger partial charge in [-0.25, -0.2) is 9.07 Å². The lowest BCUT2D eigenvalue weighted by atomic mass is 9.95. The predicted octanol–water partition coefficient (Wildman–Crippen LogP) is 4.38. The number of tetrazole rings is 1. The second kappa shape index (κ2) is 10.0. The van der Waals surface area contributed by atoms with E-state index in [9.17, 15) is 9.18 Å². The van der Waals surface area contributed by atoms with E-state index in [4.69, 9.17) is 0 Å². The molecule has 2 aromatic heterocycles. The quantitative estimate of drug-likeness (QED) is 0.437. The van der Waals surface area contributed by atoms with Gasteiger partial charge in [-0.05, 0) is 65.4 Å². The fourth-order valence-electron chi connectivity index (χ4n) is 5.93. The second-order valence-electron chi connectivity index (χ2n) is 10.3. The van der Waals surface area contributed by atoms with E-state index in [1.807, 2.05) is 41.9 Å². The zero-order chi connectivity index (χ0) is 25.4. The summed E-state index contributed by atoms with van der Waals surface area (Å²) in [4.78, 5) is 21.0. The Hall–Kier alpha value is -3.59. The molecule has 0 spiro atoms. The van der Waals surface area contributed by atoms with Crippen LogP contribution in [0.15, 0.2) is 53.3 Å². The number of para-hydroxylation sites is 1. The Morgan fingerprint density at radius 1 is 1.00 bits per heavy atom. The Morgan fingerprint density at radius 2 is 1.78 bits per heavy atom. The number of aryl methyl sites for hydroxylation is 1. The normalized spacial score (nSPS) is 18.4. The third-order valence-electron chi connectivity index (χ3n) is 7.88. The van der Waals surface area contributed by atoms with Crippen LogP contribution in [0.5, 0.6) is 0 Å². The zero-order valence-corrected chi connectivity index (χ0v) is 21.1. The molecule has 0 bridgehead atoms. The molecule has 1 N–H and O–H groups in total. The van der Waals surface area contributed by atoms with Gasteiger partial charge in [-0.3, -0.25) is 9.69 Å². The maximum Gasteiger partial charge on any atom is 0.253 e. The van der Waals surface area contributed by atoms with E-state index < -0.39 is 6.04 Å². The molecule has 192 valence electrons. The first-order valence-corrected chi connectivity index (χ1v) is 13.2. The van der Waals surface area contributed by atoms with Crippen molar-refractivity contribution in [1.82, 2.24) is 30.1 Å². The average molecular weight is 502 g/mol. The van der Waals surface area contributed by atoms with Crippen LogP contribution >= 0.6 is 0 Å². The van der Waals surface area contributed by atoms with E-state index >= 15 is 0 Å². The van der Waals surface area contributed by atoms with E-state index in [2.05, 4.69) is 36.4 Å². The smallest absolute Gasteiger partial charge is 0.253 e. The maximum atomic E-state index is 14.5. The van der Waals surface area contributed by atoms with Gasteiger partial charge in [0.05, 0.1) is 11.7 Å². The molecule has 4 aromatic rings. The molecule has 2 aliphatic rings. The number of piperazine rings is 1. The highest BCUT2D eigenvalue weighted by Gasteiger charge is 2.34. The molecule has 0 amide bonds. The number of nitrogens with zero attached hydrogens (tertiary/aromatic N) is 6. The van der Waals surface area contributed by atoms with Crippen molar-refractivity contribution in [1.29, 1.82) is 0 Å². The number of pyridine rings is 1. The number of rotatable bonds is 5. The van der Waals surface area contributed by atoms with Crippen LogP contribution in [-0.4, -0.2) is 56.3 Å². The van der Waals surface area contributed by atoms with Crippen molar-refractivity contribution in [2.24, 2.45) is 0 Å². The van der Waals surface area contributed by atoms with Crippen molar-refractivity contribution < 1.29 is 4.39 Å². The van der Waals surface area contributed by atoms with Gasteiger partial charge in [0, 0.05) is 37.3 Å². The first kappa shape index (κ1) is 23.8. The maximum absolute atomic E-state index is 14.5. The molecule has 1 aliphatic heterocycles. The first-order chi connectivity index (χ1) is 18.1. The number of hydrogen-bond donors (Lipinski definition) is 1. The van der Waals surface area contributed by atoms with Crippen LogP contribution in [0.2, 0.25) is 0 Å². The van der Waals surface area contributed by atoms with Gasteiger partial charge in [-0.2, -0.15) is 0 Å².